The molecule has 7 nitrogen and oxygen atoms in total. The second-order valence-electron chi connectivity index (χ2n) is 7.30. The van der Waals surface area contributed by atoms with Crippen molar-refractivity contribution in [3.63, 3.8) is 0 Å². The number of aromatic nitrogens is 1. The molecule has 0 saturated carbocycles. The van der Waals surface area contributed by atoms with E-state index in [-0.39, 0.29) is 45.5 Å². The van der Waals surface area contributed by atoms with Crippen molar-refractivity contribution in [1.82, 2.24) is 4.98 Å². The van der Waals surface area contributed by atoms with Crippen molar-refractivity contribution in [3.05, 3.63) is 86.5 Å². The van der Waals surface area contributed by atoms with E-state index in [1.165, 1.54) is 12.1 Å². The first-order chi connectivity index (χ1) is 14.7. The number of nitrogens with zero attached hydrogens (tertiary/aromatic N) is 1. The molecule has 3 aromatic heterocycles. The van der Waals surface area contributed by atoms with Gasteiger partial charge in [0.1, 0.15) is 34.1 Å². The van der Waals surface area contributed by atoms with Gasteiger partial charge in [0.25, 0.3) is 0 Å². The molecule has 31 heavy (non-hydrogen) atoms. The number of pyridine rings is 1. The van der Waals surface area contributed by atoms with Crippen LogP contribution in [0, 0.1) is 20.8 Å². The second-order valence-corrected chi connectivity index (χ2v) is 7.30. The summed E-state index contributed by atoms with van der Waals surface area (Å²) in [4.78, 5) is 29.3. The first-order valence-corrected chi connectivity index (χ1v) is 9.50. The van der Waals surface area contributed by atoms with Gasteiger partial charge >= 0.3 is 11.3 Å². The predicted octanol–water partition coefficient (Wildman–Crippen LogP) is 4.33. The monoisotopic (exact) mass is 417 g/mol. The van der Waals surface area contributed by atoms with Crippen molar-refractivity contribution in [2.75, 3.05) is 0 Å². The molecule has 1 aromatic carbocycles. The van der Waals surface area contributed by atoms with Crippen LogP contribution < -0.4 is 11.3 Å². The number of aromatic hydroxyl groups is 2. The smallest absolute Gasteiger partial charge is 0.349 e. The average molecular weight is 417 g/mol. The quantitative estimate of drug-likeness (QED) is 0.510. The van der Waals surface area contributed by atoms with Gasteiger partial charge in [0.15, 0.2) is 0 Å². The zero-order valence-electron chi connectivity index (χ0n) is 17.1. The minimum absolute atomic E-state index is 0.0960. The third kappa shape index (κ3) is 3.85. The Labute approximate surface area is 176 Å². The van der Waals surface area contributed by atoms with E-state index >= 15 is 0 Å². The molecule has 3 heterocycles. The predicted molar refractivity (Wildman–Crippen MR) is 115 cm³/mol. The van der Waals surface area contributed by atoms with Gasteiger partial charge < -0.3 is 19.0 Å². The second kappa shape index (κ2) is 7.60. The third-order valence-electron chi connectivity index (χ3n) is 4.83. The van der Waals surface area contributed by atoms with Gasteiger partial charge in [0.05, 0.1) is 11.4 Å². The number of benzene rings is 1. The fourth-order valence-electron chi connectivity index (χ4n) is 3.36. The van der Waals surface area contributed by atoms with Crippen molar-refractivity contribution in [2.24, 2.45) is 0 Å². The van der Waals surface area contributed by atoms with Gasteiger partial charge in [-0.25, -0.2) is 14.6 Å². The third-order valence-corrected chi connectivity index (χ3v) is 4.83. The molecule has 0 atom stereocenters. The molecule has 4 rings (SSSR count). The van der Waals surface area contributed by atoms with Gasteiger partial charge in [0.2, 0.25) is 0 Å². The van der Waals surface area contributed by atoms with E-state index in [2.05, 4.69) is 4.98 Å². The Morgan fingerprint density at radius 2 is 1.13 bits per heavy atom. The van der Waals surface area contributed by atoms with E-state index in [0.717, 1.165) is 11.1 Å². The fourth-order valence-corrected chi connectivity index (χ4v) is 3.36. The average Bonchev–Trinajstić information content (AvgIpc) is 2.67. The molecule has 0 radical (unpaired) electrons. The minimum atomic E-state index is -0.767. The Kier molecular flexibility index (Phi) is 4.94. The lowest BCUT2D eigenvalue weighted by Crippen LogP contribution is -2.08. The molecule has 2 N–H and O–H groups in total. The van der Waals surface area contributed by atoms with Gasteiger partial charge in [-0.15, -0.1) is 0 Å². The lowest BCUT2D eigenvalue weighted by Gasteiger charge is -2.11. The number of aryl methyl sites for hydroxylation is 3. The lowest BCUT2D eigenvalue weighted by atomic mass is 9.99. The van der Waals surface area contributed by atoms with E-state index in [1.54, 1.807) is 26.0 Å². The molecule has 0 bridgehead atoms. The maximum Gasteiger partial charge on any atom is 0.349 e. The summed E-state index contributed by atoms with van der Waals surface area (Å²) in [5.74, 6) is -0.0993. The summed E-state index contributed by atoms with van der Waals surface area (Å²) in [7, 11) is 0. The summed E-state index contributed by atoms with van der Waals surface area (Å²) in [6.07, 6.45) is 0. The van der Waals surface area contributed by atoms with Crippen LogP contribution in [0.5, 0.6) is 11.5 Å². The van der Waals surface area contributed by atoms with E-state index in [9.17, 15) is 19.8 Å². The van der Waals surface area contributed by atoms with Crippen LogP contribution in [0.2, 0.25) is 0 Å². The first kappa shape index (κ1) is 20.2. The molecule has 0 aliphatic rings. The molecular weight excluding hydrogens is 398 g/mol. The van der Waals surface area contributed by atoms with E-state index < -0.39 is 11.3 Å². The van der Waals surface area contributed by atoms with Crippen LogP contribution in [0.4, 0.5) is 0 Å². The molecule has 156 valence electrons. The molecule has 0 amide bonds. The summed E-state index contributed by atoms with van der Waals surface area (Å²) in [6.45, 7) is 5.04. The van der Waals surface area contributed by atoms with Crippen molar-refractivity contribution in [1.29, 1.82) is 0 Å². The van der Waals surface area contributed by atoms with Gasteiger partial charge in [-0.3, -0.25) is 0 Å². The highest BCUT2D eigenvalue weighted by Gasteiger charge is 2.20. The van der Waals surface area contributed by atoms with E-state index in [4.69, 9.17) is 8.83 Å². The molecule has 0 fully saturated rings. The zero-order chi connectivity index (χ0) is 22.3. The van der Waals surface area contributed by atoms with Crippen molar-refractivity contribution in [3.8, 4) is 45.1 Å². The Hall–Kier alpha value is -4.13. The van der Waals surface area contributed by atoms with Crippen LogP contribution in [0.25, 0.3) is 33.6 Å². The number of rotatable bonds is 3. The summed E-state index contributed by atoms with van der Waals surface area (Å²) in [6, 6.07) is 13.5. The number of hydrogen-bond acceptors (Lipinski definition) is 7. The van der Waals surface area contributed by atoms with Crippen LogP contribution in [-0.2, 0) is 0 Å². The maximum absolute atomic E-state index is 12.5. The van der Waals surface area contributed by atoms with Gasteiger partial charge in [-0.05, 0) is 44.0 Å². The Morgan fingerprint density at radius 1 is 0.677 bits per heavy atom. The standard InChI is InChI=1S/C24H19NO6/c1-12-4-6-15(7-5-12)16-10-17(21-19(26)8-13(2)30-23(21)28)25-18(11-16)22-20(27)9-14(3)31-24(22)29/h4-11,26-27H,1-3H3. The van der Waals surface area contributed by atoms with Gasteiger partial charge in [0, 0.05) is 12.1 Å². The van der Waals surface area contributed by atoms with Crippen LogP contribution in [0.15, 0.2) is 67.0 Å². The maximum atomic E-state index is 12.5. The summed E-state index contributed by atoms with van der Waals surface area (Å²) >= 11 is 0. The summed E-state index contributed by atoms with van der Waals surface area (Å²) in [5, 5.41) is 20.8. The van der Waals surface area contributed by atoms with E-state index in [1.807, 2.05) is 31.2 Å². The van der Waals surface area contributed by atoms with Crippen LogP contribution in [-0.4, -0.2) is 15.2 Å². The Balaban J connectivity index is 2.05. The van der Waals surface area contributed by atoms with Crippen molar-refractivity contribution < 1.29 is 19.0 Å². The fraction of sp³-hybridized carbons (Fsp3) is 0.125. The highest BCUT2D eigenvalue weighted by atomic mass is 16.4. The zero-order valence-corrected chi connectivity index (χ0v) is 17.1. The SMILES string of the molecule is Cc1ccc(-c2cc(-c3c(O)cc(C)oc3=O)nc(-c3c(O)cc(C)oc3=O)c2)cc1. The highest BCUT2D eigenvalue weighted by molar-refractivity contribution is 5.79. The van der Waals surface area contributed by atoms with Crippen LogP contribution >= 0.6 is 0 Å². The lowest BCUT2D eigenvalue weighted by molar-refractivity contribution is 0.438. The molecule has 0 spiro atoms. The molecule has 0 saturated heterocycles. The number of hydrogen-bond donors (Lipinski definition) is 2. The van der Waals surface area contributed by atoms with Gasteiger partial charge in [-0.2, -0.15) is 0 Å². The van der Waals surface area contributed by atoms with Crippen LogP contribution in [0.3, 0.4) is 0 Å². The van der Waals surface area contributed by atoms with Crippen LogP contribution in [0.1, 0.15) is 17.1 Å². The van der Waals surface area contributed by atoms with Gasteiger partial charge in [-0.1, -0.05) is 29.8 Å². The first-order valence-electron chi connectivity index (χ1n) is 9.50. The molecule has 0 unspecified atom stereocenters. The molecule has 0 aliphatic carbocycles. The summed E-state index contributed by atoms with van der Waals surface area (Å²) in [5.41, 5.74) is 0.855. The molecule has 0 aliphatic heterocycles. The topological polar surface area (TPSA) is 114 Å². The Morgan fingerprint density at radius 3 is 1.55 bits per heavy atom. The normalized spacial score (nSPS) is 10.9. The van der Waals surface area contributed by atoms with Crippen molar-refractivity contribution in [2.45, 2.75) is 20.8 Å². The molecule has 4 aromatic rings. The molecular formula is C24H19NO6. The summed E-state index contributed by atoms with van der Waals surface area (Å²) < 4.78 is 10.3. The highest BCUT2D eigenvalue weighted by Crippen LogP contribution is 2.34. The van der Waals surface area contributed by atoms with E-state index in [0.29, 0.717) is 5.56 Å². The Bertz CT molecular complexity index is 1330. The minimum Gasteiger partial charge on any atom is -0.507 e. The largest absolute Gasteiger partial charge is 0.507 e. The molecule has 7 heteroatoms. The van der Waals surface area contributed by atoms with Crippen molar-refractivity contribution >= 4 is 0 Å².